The average molecular weight is 425 g/mol. The molecule has 3 aromatic carbocycles. The van der Waals surface area contributed by atoms with Gasteiger partial charge in [0.25, 0.3) is 0 Å². The summed E-state index contributed by atoms with van der Waals surface area (Å²) in [5.41, 5.74) is 1.70. The number of benzene rings is 3. The van der Waals surface area contributed by atoms with Crippen molar-refractivity contribution in [1.29, 1.82) is 0 Å². The molecule has 1 heterocycles. The number of sulfonamides is 1. The Hall–Kier alpha value is -3.20. The number of methoxy groups -OCH3 is 1. The Morgan fingerprint density at radius 1 is 0.967 bits per heavy atom. The highest BCUT2D eigenvalue weighted by Gasteiger charge is 2.16. The number of fused-ring (bicyclic) bond motifs is 3. The number of ether oxygens (including phenoxy) is 2. The number of para-hydroxylation sites is 1. The number of furan rings is 1. The van der Waals surface area contributed by atoms with E-state index in [4.69, 9.17) is 13.9 Å². The Morgan fingerprint density at radius 3 is 2.47 bits per heavy atom. The van der Waals surface area contributed by atoms with Crippen LogP contribution in [0, 0.1) is 0 Å². The van der Waals surface area contributed by atoms with E-state index in [1.54, 1.807) is 18.2 Å². The van der Waals surface area contributed by atoms with Crippen molar-refractivity contribution in [2.45, 2.75) is 4.90 Å². The minimum atomic E-state index is -3.67. The van der Waals surface area contributed by atoms with E-state index in [-0.39, 0.29) is 23.6 Å². The molecule has 4 rings (SSSR count). The van der Waals surface area contributed by atoms with Crippen molar-refractivity contribution in [1.82, 2.24) is 4.72 Å². The minimum absolute atomic E-state index is 0.0569. The van der Waals surface area contributed by atoms with Gasteiger partial charge in [-0.15, -0.1) is 0 Å². The van der Waals surface area contributed by atoms with E-state index in [1.165, 1.54) is 31.4 Å². The molecule has 0 aliphatic rings. The Morgan fingerprint density at radius 2 is 1.70 bits per heavy atom. The van der Waals surface area contributed by atoms with E-state index < -0.39 is 16.0 Å². The Labute approximate surface area is 173 Å². The van der Waals surface area contributed by atoms with Crippen LogP contribution in [0.3, 0.4) is 0 Å². The Balaban J connectivity index is 1.52. The zero-order chi connectivity index (χ0) is 21.1. The largest absolute Gasteiger partial charge is 0.456 e. The first-order valence-corrected chi connectivity index (χ1v) is 10.7. The number of carbonyl (C=O) groups excluding carboxylic acids is 1. The van der Waals surface area contributed by atoms with Crippen molar-refractivity contribution < 1.29 is 27.1 Å². The lowest BCUT2D eigenvalue weighted by atomic mass is 10.1. The zero-order valence-electron chi connectivity index (χ0n) is 16.1. The fourth-order valence-electron chi connectivity index (χ4n) is 3.07. The highest BCUT2D eigenvalue weighted by Crippen LogP contribution is 2.31. The van der Waals surface area contributed by atoms with Crippen LogP contribution in [0.2, 0.25) is 0 Å². The first kappa shape index (κ1) is 20.1. The van der Waals surface area contributed by atoms with Gasteiger partial charge >= 0.3 is 5.97 Å². The lowest BCUT2D eigenvalue weighted by Crippen LogP contribution is -2.27. The summed E-state index contributed by atoms with van der Waals surface area (Å²) in [5, 5.41) is 1.78. The van der Waals surface area contributed by atoms with Gasteiger partial charge < -0.3 is 13.9 Å². The van der Waals surface area contributed by atoms with Gasteiger partial charge in [0.2, 0.25) is 10.0 Å². The predicted molar refractivity (Wildman–Crippen MR) is 112 cm³/mol. The standard InChI is InChI=1S/C22H19NO6S/c1-27-13-12-23-30(25,26)17-9-6-15(7-10-17)22(24)28-16-8-11-21-19(14-16)18-4-2-3-5-20(18)29-21/h2-11,14,23H,12-13H2,1H3. The second-order valence-corrected chi connectivity index (χ2v) is 8.33. The molecule has 0 bridgehead atoms. The van der Waals surface area contributed by atoms with Crippen LogP contribution >= 0.6 is 0 Å². The third kappa shape index (κ3) is 4.06. The molecule has 0 saturated carbocycles. The first-order valence-electron chi connectivity index (χ1n) is 9.20. The normalized spacial score (nSPS) is 11.8. The van der Waals surface area contributed by atoms with Crippen molar-refractivity contribution in [2.75, 3.05) is 20.3 Å². The molecule has 0 spiro atoms. The number of nitrogens with one attached hydrogen (secondary N) is 1. The SMILES string of the molecule is COCCNS(=O)(=O)c1ccc(C(=O)Oc2ccc3oc4ccccc4c3c2)cc1. The number of hydrogen-bond donors (Lipinski definition) is 1. The molecule has 30 heavy (non-hydrogen) atoms. The monoisotopic (exact) mass is 425 g/mol. The maximum absolute atomic E-state index is 12.5. The molecule has 4 aromatic rings. The summed E-state index contributed by atoms with van der Waals surface area (Å²) >= 11 is 0. The van der Waals surface area contributed by atoms with E-state index in [0.29, 0.717) is 11.3 Å². The minimum Gasteiger partial charge on any atom is -0.456 e. The molecule has 0 fully saturated rings. The smallest absolute Gasteiger partial charge is 0.343 e. The van der Waals surface area contributed by atoms with Crippen LogP contribution in [-0.4, -0.2) is 34.6 Å². The molecule has 0 radical (unpaired) electrons. The van der Waals surface area contributed by atoms with Gasteiger partial charge in [-0.25, -0.2) is 17.9 Å². The number of rotatable bonds is 7. The van der Waals surface area contributed by atoms with Crippen LogP contribution in [0.15, 0.2) is 76.0 Å². The fourth-order valence-corrected chi connectivity index (χ4v) is 4.08. The van der Waals surface area contributed by atoms with Crippen molar-refractivity contribution in [3.8, 4) is 5.75 Å². The van der Waals surface area contributed by atoms with Gasteiger partial charge in [-0.05, 0) is 48.5 Å². The molecule has 0 atom stereocenters. The van der Waals surface area contributed by atoms with Crippen molar-refractivity contribution in [2.24, 2.45) is 0 Å². The summed E-state index contributed by atoms with van der Waals surface area (Å²) < 4.78 is 42.9. The maximum Gasteiger partial charge on any atom is 0.343 e. The van der Waals surface area contributed by atoms with Gasteiger partial charge in [-0.3, -0.25) is 0 Å². The average Bonchev–Trinajstić information content (AvgIpc) is 3.12. The second kappa shape index (κ2) is 8.27. The van der Waals surface area contributed by atoms with Crippen molar-refractivity contribution in [3.63, 3.8) is 0 Å². The number of esters is 1. The van der Waals surface area contributed by atoms with E-state index >= 15 is 0 Å². The zero-order valence-corrected chi connectivity index (χ0v) is 16.9. The van der Waals surface area contributed by atoms with Gasteiger partial charge in [0.05, 0.1) is 17.1 Å². The molecular weight excluding hydrogens is 406 g/mol. The summed E-state index contributed by atoms with van der Waals surface area (Å²) in [6, 6.07) is 18.3. The first-order chi connectivity index (χ1) is 14.5. The highest BCUT2D eigenvalue weighted by atomic mass is 32.2. The summed E-state index contributed by atoms with van der Waals surface area (Å²) in [4.78, 5) is 12.6. The Kier molecular flexibility index (Phi) is 5.54. The van der Waals surface area contributed by atoms with Crippen LogP contribution in [0.1, 0.15) is 10.4 Å². The summed E-state index contributed by atoms with van der Waals surface area (Å²) in [5.74, 6) is -0.213. The van der Waals surface area contributed by atoms with Gasteiger partial charge in [0.1, 0.15) is 16.9 Å². The van der Waals surface area contributed by atoms with Crippen LogP contribution in [0.25, 0.3) is 21.9 Å². The molecule has 0 amide bonds. The third-order valence-electron chi connectivity index (χ3n) is 4.56. The molecule has 0 aliphatic carbocycles. The third-order valence-corrected chi connectivity index (χ3v) is 6.03. The van der Waals surface area contributed by atoms with Crippen LogP contribution in [-0.2, 0) is 14.8 Å². The van der Waals surface area contributed by atoms with Crippen LogP contribution in [0.4, 0.5) is 0 Å². The maximum atomic E-state index is 12.5. The lowest BCUT2D eigenvalue weighted by molar-refractivity contribution is 0.0735. The van der Waals surface area contributed by atoms with E-state index in [0.717, 1.165) is 16.4 Å². The molecule has 0 saturated heterocycles. The summed E-state index contributed by atoms with van der Waals surface area (Å²) in [6.07, 6.45) is 0. The Bertz CT molecular complexity index is 1310. The topological polar surface area (TPSA) is 94.8 Å². The van der Waals surface area contributed by atoms with Crippen molar-refractivity contribution in [3.05, 3.63) is 72.3 Å². The molecular formula is C22H19NO6S. The highest BCUT2D eigenvalue weighted by molar-refractivity contribution is 7.89. The summed E-state index contributed by atoms with van der Waals surface area (Å²) in [6.45, 7) is 0.424. The van der Waals surface area contributed by atoms with E-state index in [9.17, 15) is 13.2 Å². The van der Waals surface area contributed by atoms with Crippen molar-refractivity contribution >= 4 is 37.9 Å². The van der Waals surface area contributed by atoms with E-state index in [2.05, 4.69) is 4.72 Å². The summed E-state index contributed by atoms with van der Waals surface area (Å²) in [7, 11) is -2.18. The second-order valence-electron chi connectivity index (χ2n) is 6.56. The van der Waals surface area contributed by atoms with Gasteiger partial charge in [0, 0.05) is 24.4 Å². The van der Waals surface area contributed by atoms with Crippen LogP contribution < -0.4 is 9.46 Å². The predicted octanol–water partition coefficient (Wildman–Crippen LogP) is 3.73. The molecule has 7 nitrogen and oxygen atoms in total. The van der Waals surface area contributed by atoms with Gasteiger partial charge in [-0.2, -0.15) is 0 Å². The molecule has 0 unspecified atom stereocenters. The number of hydrogen-bond acceptors (Lipinski definition) is 6. The van der Waals surface area contributed by atoms with Crippen LogP contribution in [0.5, 0.6) is 5.75 Å². The quantitative estimate of drug-likeness (QED) is 0.275. The van der Waals surface area contributed by atoms with Gasteiger partial charge in [0.15, 0.2) is 0 Å². The molecule has 8 heteroatoms. The fraction of sp³-hybridized carbons (Fsp3) is 0.136. The van der Waals surface area contributed by atoms with Gasteiger partial charge in [-0.1, -0.05) is 18.2 Å². The number of carbonyl (C=O) groups is 1. The van der Waals surface area contributed by atoms with E-state index in [1.807, 2.05) is 24.3 Å². The molecule has 1 aromatic heterocycles. The molecule has 0 aliphatic heterocycles. The molecule has 1 N–H and O–H groups in total. The lowest BCUT2D eigenvalue weighted by Gasteiger charge is -2.08. The molecule has 154 valence electrons.